The third-order valence-corrected chi connectivity index (χ3v) is 2.46. The monoisotopic (exact) mass is 244 g/mol. The molecule has 0 aliphatic rings. The Hall–Kier alpha value is -0.610. The Morgan fingerprint density at radius 2 is 1.59 bits per heavy atom. The summed E-state index contributed by atoms with van der Waals surface area (Å²) in [6.45, 7) is 12.4. The molecule has 17 heavy (non-hydrogen) atoms. The number of likely N-dealkylation sites (N-methyl/N-ethyl adjacent to an activating group) is 1. The third-order valence-electron chi connectivity index (χ3n) is 2.46. The van der Waals surface area contributed by atoms with Crippen molar-refractivity contribution in [3.8, 4) is 0 Å². The standard InChI is InChI=1S/C13H28N2O2/c1-10(2)15(11(3)4)12(16)8-14(7)9-13(5,6)17/h10-11,17H,8-9H2,1-7H3. The molecule has 4 nitrogen and oxygen atoms in total. The number of hydrogen-bond acceptors (Lipinski definition) is 3. The van der Waals surface area contributed by atoms with Crippen molar-refractivity contribution < 1.29 is 9.90 Å². The lowest BCUT2D eigenvalue weighted by atomic mass is 10.1. The summed E-state index contributed by atoms with van der Waals surface area (Å²) in [6.07, 6.45) is 0. The lowest BCUT2D eigenvalue weighted by Crippen LogP contribution is -2.48. The maximum Gasteiger partial charge on any atom is 0.237 e. The second kappa shape index (κ2) is 6.36. The number of nitrogens with zero attached hydrogens (tertiary/aromatic N) is 2. The van der Waals surface area contributed by atoms with Gasteiger partial charge in [-0.15, -0.1) is 0 Å². The van der Waals surface area contributed by atoms with E-state index in [9.17, 15) is 9.90 Å². The van der Waals surface area contributed by atoms with Crippen LogP contribution in [-0.4, -0.2) is 58.6 Å². The van der Waals surface area contributed by atoms with E-state index in [0.717, 1.165) is 0 Å². The molecule has 0 radical (unpaired) electrons. The molecule has 0 spiro atoms. The van der Waals surface area contributed by atoms with Crippen LogP contribution in [0.5, 0.6) is 0 Å². The molecule has 0 atom stereocenters. The average molecular weight is 244 g/mol. The summed E-state index contributed by atoms with van der Waals surface area (Å²) in [5.74, 6) is 0.113. The van der Waals surface area contributed by atoms with Crippen LogP contribution in [0.4, 0.5) is 0 Å². The first-order valence-electron chi connectivity index (χ1n) is 6.26. The lowest BCUT2D eigenvalue weighted by molar-refractivity contribution is -0.136. The van der Waals surface area contributed by atoms with E-state index in [1.165, 1.54) is 0 Å². The first-order valence-corrected chi connectivity index (χ1v) is 6.26. The molecule has 102 valence electrons. The van der Waals surface area contributed by atoms with Gasteiger partial charge < -0.3 is 10.0 Å². The first kappa shape index (κ1) is 16.4. The van der Waals surface area contributed by atoms with Gasteiger partial charge in [-0.2, -0.15) is 0 Å². The molecule has 0 aliphatic heterocycles. The molecular formula is C13H28N2O2. The van der Waals surface area contributed by atoms with Crippen molar-refractivity contribution in [3.05, 3.63) is 0 Å². The number of aliphatic hydroxyl groups is 1. The van der Waals surface area contributed by atoms with Crippen LogP contribution in [-0.2, 0) is 4.79 Å². The van der Waals surface area contributed by atoms with E-state index in [1.54, 1.807) is 13.8 Å². The zero-order valence-electron chi connectivity index (χ0n) is 12.3. The number of carbonyl (C=O) groups excluding carboxylic acids is 1. The Morgan fingerprint density at radius 1 is 1.18 bits per heavy atom. The summed E-state index contributed by atoms with van der Waals surface area (Å²) in [5.41, 5.74) is -0.768. The zero-order chi connectivity index (χ0) is 13.8. The highest BCUT2D eigenvalue weighted by atomic mass is 16.3. The summed E-state index contributed by atoms with van der Waals surface area (Å²) in [5, 5.41) is 9.69. The molecule has 0 aromatic carbocycles. The van der Waals surface area contributed by atoms with Crippen LogP contribution in [0.1, 0.15) is 41.5 Å². The summed E-state index contributed by atoms with van der Waals surface area (Å²) >= 11 is 0. The van der Waals surface area contributed by atoms with Crippen LogP contribution < -0.4 is 0 Å². The molecule has 0 aliphatic carbocycles. The lowest BCUT2D eigenvalue weighted by Gasteiger charge is -2.33. The van der Waals surface area contributed by atoms with Crippen LogP contribution in [0.25, 0.3) is 0 Å². The van der Waals surface area contributed by atoms with E-state index in [-0.39, 0.29) is 18.0 Å². The van der Waals surface area contributed by atoms with E-state index >= 15 is 0 Å². The topological polar surface area (TPSA) is 43.8 Å². The van der Waals surface area contributed by atoms with E-state index in [2.05, 4.69) is 0 Å². The fraction of sp³-hybridized carbons (Fsp3) is 0.923. The van der Waals surface area contributed by atoms with Crippen molar-refractivity contribution in [2.24, 2.45) is 0 Å². The fourth-order valence-corrected chi connectivity index (χ4v) is 2.20. The van der Waals surface area contributed by atoms with Crippen molar-refractivity contribution in [1.29, 1.82) is 0 Å². The minimum atomic E-state index is -0.768. The highest BCUT2D eigenvalue weighted by molar-refractivity contribution is 5.78. The molecule has 4 heteroatoms. The van der Waals surface area contributed by atoms with E-state index in [4.69, 9.17) is 0 Å². The number of amides is 1. The molecule has 1 amide bonds. The van der Waals surface area contributed by atoms with Gasteiger partial charge in [-0.1, -0.05) is 0 Å². The highest BCUT2D eigenvalue weighted by Crippen LogP contribution is 2.08. The molecule has 0 unspecified atom stereocenters. The van der Waals surface area contributed by atoms with Crippen LogP contribution in [0.3, 0.4) is 0 Å². The van der Waals surface area contributed by atoms with Gasteiger partial charge in [0.2, 0.25) is 5.91 Å². The second-order valence-electron chi connectivity index (χ2n) is 5.97. The molecule has 0 saturated carbocycles. The van der Waals surface area contributed by atoms with E-state index in [1.807, 2.05) is 44.5 Å². The van der Waals surface area contributed by atoms with Crippen LogP contribution in [0, 0.1) is 0 Å². The second-order valence-corrected chi connectivity index (χ2v) is 5.97. The predicted molar refractivity (Wildman–Crippen MR) is 70.9 cm³/mol. The number of rotatable bonds is 6. The predicted octanol–water partition coefficient (Wildman–Crippen LogP) is 1.33. The zero-order valence-corrected chi connectivity index (χ0v) is 12.3. The Bertz CT molecular complexity index is 236. The van der Waals surface area contributed by atoms with Crippen molar-refractivity contribution in [1.82, 2.24) is 9.80 Å². The molecule has 0 bridgehead atoms. The molecular weight excluding hydrogens is 216 g/mol. The van der Waals surface area contributed by atoms with Crippen molar-refractivity contribution >= 4 is 5.91 Å². The van der Waals surface area contributed by atoms with Crippen molar-refractivity contribution in [3.63, 3.8) is 0 Å². The minimum absolute atomic E-state index is 0.113. The van der Waals surface area contributed by atoms with Gasteiger partial charge in [-0.3, -0.25) is 9.69 Å². The summed E-state index contributed by atoms with van der Waals surface area (Å²) in [4.78, 5) is 15.9. The molecule has 0 fully saturated rings. The summed E-state index contributed by atoms with van der Waals surface area (Å²) in [6, 6.07) is 0.413. The normalized spacial score (nSPS) is 12.6. The van der Waals surface area contributed by atoms with Crippen LogP contribution in [0.15, 0.2) is 0 Å². The number of carbonyl (C=O) groups is 1. The van der Waals surface area contributed by atoms with Crippen LogP contribution in [0.2, 0.25) is 0 Å². The maximum absolute atomic E-state index is 12.1. The van der Waals surface area contributed by atoms with Crippen LogP contribution >= 0.6 is 0 Å². The van der Waals surface area contributed by atoms with E-state index in [0.29, 0.717) is 13.1 Å². The molecule has 0 saturated heterocycles. The van der Waals surface area contributed by atoms with Gasteiger partial charge in [0.15, 0.2) is 0 Å². The molecule has 0 aromatic heterocycles. The molecule has 1 N–H and O–H groups in total. The number of hydrogen-bond donors (Lipinski definition) is 1. The average Bonchev–Trinajstić information content (AvgIpc) is 1.96. The Labute approximate surface area is 106 Å². The molecule has 0 rings (SSSR count). The SMILES string of the molecule is CC(C)N(C(=O)CN(C)CC(C)(C)O)C(C)C. The third kappa shape index (κ3) is 6.64. The van der Waals surface area contributed by atoms with Crippen molar-refractivity contribution in [2.45, 2.75) is 59.2 Å². The molecule has 0 aromatic rings. The van der Waals surface area contributed by atoms with Gasteiger partial charge in [0, 0.05) is 18.6 Å². The first-order chi connectivity index (χ1) is 7.54. The summed E-state index contributed by atoms with van der Waals surface area (Å²) < 4.78 is 0. The van der Waals surface area contributed by atoms with E-state index < -0.39 is 5.60 Å². The van der Waals surface area contributed by atoms with Gasteiger partial charge >= 0.3 is 0 Å². The van der Waals surface area contributed by atoms with Crippen molar-refractivity contribution in [2.75, 3.05) is 20.1 Å². The smallest absolute Gasteiger partial charge is 0.237 e. The quantitative estimate of drug-likeness (QED) is 0.766. The minimum Gasteiger partial charge on any atom is -0.389 e. The summed E-state index contributed by atoms with van der Waals surface area (Å²) in [7, 11) is 1.86. The Morgan fingerprint density at radius 3 is 1.88 bits per heavy atom. The van der Waals surface area contributed by atoms with Gasteiger partial charge in [-0.05, 0) is 48.6 Å². The largest absolute Gasteiger partial charge is 0.389 e. The maximum atomic E-state index is 12.1. The molecule has 0 heterocycles. The van der Waals surface area contributed by atoms with Gasteiger partial charge in [0.05, 0.1) is 12.1 Å². The Kier molecular flexibility index (Phi) is 6.13. The fourth-order valence-electron chi connectivity index (χ4n) is 2.20. The highest BCUT2D eigenvalue weighted by Gasteiger charge is 2.23. The van der Waals surface area contributed by atoms with Gasteiger partial charge in [0.25, 0.3) is 0 Å². The van der Waals surface area contributed by atoms with Gasteiger partial charge in [0.1, 0.15) is 0 Å². The Balaban J connectivity index is 4.41. The van der Waals surface area contributed by atoms with Gasteiger partial charge in [-0.25, -0.2) is 0 Å².